The molecule has 4 heterocycles. The lowest BCUT2D eigenvalue weighted by molar-refractivity contribution is 0.145. The molecule has 1 spiro atoms. The van der Waals surface area contributed by atoms with E-state index in [0.29, 0.717) is 28.5 Å². The summed E-state index contributed by atoms with van der Waals surface area (Å²) in [5.74, 6) is 0.792. The van der Waals surface area contributed by atoms with E-state index in [0.717, 1.165) is 18.9 Å². The number of aromatic nitrogens is 4. The van der Waals surface area contributed by atoms with Crippen molar-refractivity contribution in [2.45, 2.75) is 25.3 Å². The monoisotopic (exact) mass is 356 g/mol. The maximum absolute atomic E-state index is 13.0. The van der Waals surface area contributed by atoms with Gasteiger partial charge in [-0.05, 0) is 25.0 Å². The topological polar surface area (TPSA) is 67.1 Å². The summed E-state index contributed by atoms with van der Waals surface area (Å²) in [5.41, 5.74) is 1.96. The van der Waals surface area contributed by atoms with Gasteiger partial charge >= 0.3 is 0 Å². The van der Waals surface area contributed by atoms with Crippen molar-refractivity contribution in [3.05, 3.63) is 42.5 Å². The lowest BCUT2D eigenvalue weighted by Gasteiger charge is -2.19. The molecule has 3 aromatic rings. The normalized spacial score (nSPS) is 21.0. The Balaban J connectivity index is 1.49. The molecule has 2 fully saturated rings. The van der Waals surface area contributed by atoms with Crippen LogP contribution in [0.2, 0.25) is 0 Å². The molecule has 26 heavy (non-hydrogen) atoms. The zero-order chi connectivity index (χ0) is 17.7. The van der Waals surface area contributed by atoms with Crippen LogP contribution in [-0.4, -0.2) is 38.5 Å². The maximum atomic E-state index is 13.0. The van der Waals surface area contributed by atoms with Crippen molar-refractivity contribution in [3.63, 3.8) is 0 Å². The number of imidazole rings is 1. The number of rotatable bonds is 4. The van der Waals surface area contributed by atoms with Gasteiger partial charge < -0.3 is 10.6 Å². The van der Waals surface area contributed by atoms with Crippen molar-refractivity contribution < 1.29 is 8.78 Å². The van der Waals surface area contributed by atoms with Gasteiger partial charge in [0.15, 0.2) is 5.65 Å². The minimum absolute atomic E-state index is 0.279. The molecule has 1 saturated heterocycles. The van der Waals surface area contributed by atoms with E-state index in [1.165, 1.54) is 25.2 Å². The van der Waals surface area contributed by atoms with Crippen LogP contribution in [-0.2, 0) is 0 Å². The third-order valence-corrected chi connectivity index (χ3v) is 5.43. The summed E-state index contributed by atoms with van der Waals surface area (Å²) in [5, 5.41) is 6.98. The molecule has 1 saturated carbocycles. The van der Waals surface area contributed by atoms with Gasteiger partial charge in [0.05, 0.1) is 23.8 Å². The van der Waals surface area contributed by atoms with Gasteiger partial charge in [0, 0.05) is 30.7 Å². The van der Waals surface area contributed by atoms with Gasteiger partial charge in [-0.25, -0.2) is 23.7 Å². The van der Waals surface area contributed by atoms with Gasteiger partial charge in [-0.15, -0.1) is 0 Å². The lowest BCUT2D eigenvalue weighted by Crippen LogP contribution is -2.29. The Kier molecular flexibility index (Phi) is 3.43. The zero-order valence-electron chi connectivity index (χ0n) is 14.0. The molecule has 134 valence electrons. The Morgan fingerprint density at radius 2 is 2.12 bits per heavy atom. The zero-order valence-corrected chi connectivity index (χ0v) is 14.0. The number of hydrogen-bond acceptors (Lipinski definition) is 5. The van der Waals surface area contributed by atoms with E-state index < -0.39 is 6.43 Å². The predicted octanol–water partition coefficient (Wildman–Crippen LogP) is 2.89. The van der Waals surface area contributed by atoms with Crippen LogP contribution in [0.4, 0.5) is 14.6 Å². The number of nitrogens with zero attached hydrogens (tertiary/aromatic N) is 4. The third kappa shape index (κ3) is 2.52. The molecule has 1 atom stereocenters. The third-order valence-electron chi connectivity index (χ3n) is 5.43. The fourth-order valence-electron chi connectivity index (χ4n) is 3.74. The van der Waals surface area contributed by atoms with E-state index in [9.17, 15) is 8.78 Å². The van der Waals surface area contributed by atoms with Gasteiger partial charge in [-0.2, -0.15) is 0 Å². The summed E-state index contributed by atoms with van der Waals surface area (Å²) >= 11 is 0. The van der Waals surface area contributed by atoms with Crippen LogP contribution in [0.5, 0.6) is 0 Å². The Morgan fingerprint density at radius 1 is 1.23 bits per heavy atom. The van der Waals surface area contributed by atoms with E-state index in [2.05, 4.69) is 25.6 Å². The van der Waals surface area contributed by atoms with E-state index >= 15 is 0 Å². The average molecular weight is 356 g/mol. The first kappa shape index (κ1) is 15.6. The molecule has 2 aliphatic rings. The Labute approximate surface area is 148 Å². The number of hydrogen-bond donors (Lipinski definition) is 2. The fourth-order valence-corrected chi connectivity index (χ4v) is 3.74. The van der Waals surface area contributed by atoms with Crippen LogP contribution < -0.4 is 10.6 Å². The number of halogens is 2. The molecule has 0 bridgehead atoms. The lowest BCUT2D eigenvalue weighted by atomic mass is 10.0. The molecule has 0 unspecified atom stereocenters. The quantitative estimate of drug-likeness (QED) is 0.752. The second-order valence-corrected chi connectivity index (χ2v) is 7.08. The summed E-state index contributed by atoms with van der Waals surface area (Å²) in [4.78, 5) is 12.7. The Morgan fingerprint density at radius 3 is 2.92 bits per heavy atom. The standard InChI is InChI=1S/C18H18F2N6/c19-17(20)12-9-26-13(6-23-16(26)8-22-12)11-2-1-3-15(24-11)25-14-7-21-10-18(14)4-5-18/h1-3,6,8-9,14,17,21H,4-5,7,10H2,(H,24,25)/t14-/m0/s1. The molecule has 0 radical (unpaired) electrons. The maximum Gasteiger partial charge on any atom is 0.281 e. The number of alkyl halides is 2. The van der Waals surface area contributed by atoms with Gasteiger partial charge in [0.2, 0.25) is 0 Å². The molecule has 3 aromatic heterocycles. The van der Waals surface area contributed by atoms with E-state index in [1.807, 2.05) is 18.2 Å². The van der Waals surface area contributed by atoms with Gasteiger partial charge in [-0.3, -0.25) is 4.40 Å². The van der Waals surface area contributed by atoms with Crippen LogP contribution in [0.3, 0.4) is 0 Å². The molecule has 6 nitrogen and oxygen atoms in total. The van der Waals surface area contributed by atoms with E-state index in [1.54, 1.807) is 10.6 Å². The highest BCUT2D eigenvalue weighted by Crippen LogP contribution is 2.51. The van der Waals surface area contributed by atoms with Crippen molar-refractivity contribution >= 4 is 11.5 Å². The van der Waals surface area contributed by atoms with Crippen molar-refractivity contribution in [3.8, 4) is 11.4 Å². The van der Waals surface area contributed by atoms with Gasteiger partial charge in [0.1, 0.15) is 11.5 Å². The summed E-state index contributed by atoms with van der Waals surface area (Å²) in [7, 11) is 0. The summed E-state index contributed by atoms with van der Waals surface area (Å²) in [6.07, 6.45) is 4.18. The van der Waals surface area contributed by atoms with Crippen molar-refractivity contribution in [2.24, 2.45) is 5.41 Å². The molecule has 8 heteroatoms. The molecular weight excluding hydrogens is 338 g/mol. The van der Waals surface area contributed by atoms with Crippen molar-refractivity contribution in [1.29, 1.82) is 0 Å². The van der Waals surface area contributed by atoms with Crippen molar-refractivity contribution in [1.82, 2.24) is 24.7 Å². The van der Waals surface area contributed by atoms with Crippen LogP contribution in [0.25, 0.3) is 17.0 Å². The molecule has 1 aliphatic carbocycles. The second kappa shape index (κ2) is 5.70. The SMILES string of the molecule is FC(F)c1cn2c(-c3cccc(N[C@H]4CNCC45CC5)n3)cnc2cn1. The number of pyridine rings is 1. The Bertz CT molecular complexity index is 965. The minimum Gasteiger partial charge on any atom is -0.365 e. The first-order valence-electron chi connectivity index (χ1n) is 8.70. The minimum atomic E-state index is -2.62. The van der Waals surface area contributed by atoms with Crippen LogP contribution in [0.15, 0.2) is 36.8 Å². The van der Waals surface area contributed by atoms with Crippen LogP contribution in [0.1, 0.15) is 25.0 Å². The molecule has 0 aromatic carbocycles. The van der Waals surface area contributed by atoms with Crippen LogP contribution >= 0.6 is 0 Å². The molecule has 2 N–H and O–H groups in total. The molecule has 5 rings (SSSR count). The highest BCUT2D eigenvalue weighted by Gasteiger charge is 2.52. The van der Waals surface area contributed by atoms with Gasteiger partial charge in [0.25, 0.3) is 6.43 Å². The fraction of sp³-hybridized carbons (Fsp3) is 0.389. The summed E-state index contributed by atoms with van der Waals surface area (Å²) in [6.45, 7) is 1.99. The second-order valence-electron chi connectivity index (χ2n) is 7.08. The predicted molar refractivity (Wildman–Crippen MR) is 93.1 cm³/mol. The highest BCUT2D eigenvalue weighted by atomic mass is 19.3. The average Bonchev–Trinajstić information content (AvgIpc) is 3.14. The van der Waals surface area contributed by atoms with Crippen LogP contribution in [0, 0.1) is 5.41 Å². The van der Waals surface area contributed by atoms with Crippen molar-refractivity contribution in [2.75, 3.05) is 18.4 Å². The highest BCUT2D eigenvalue weighted by molar-refractivity contribution is 5.61. The van der Waals surface area contributed by atoms with E-state index in [-0.39, 0.29) is 5.69 Å². The molecule has 0 amide bonds. The number of nitrogens with one attached hydrogen (secondary N) is 2. The smallest absolute Gasteiger partial charge is 0.281 e. The molecular formula is C18H18F2N6. The Hall–Kier alpha value is -2.61. The van der Waals surface area contributed by atoms with Gasteiger partial charge in [-0.1, -0.05) is 6.07 Å². The first-order valence-corrected chi connectivity index (χ1v) is 8.70. The number of anilines is 1. The number of fused-ring (bicyclic) bond motifs is 1. The first-order chi connectivity index (χ1) is 12.6. The molecule has 1 aliphatic heterocycles. The summed E-state index contributed by atoms with van der Waals surface area (Å²) < 4.78 is 27.6. The largest absolute Gasteiger partial charge is 0.365 e. The van der Waals surface area contributed by atoms with E-state index in [4.69, 9.17) is 0 Å². The summed E-state index contributed by atoms with van der Waals surface area (Å²) in [6, 6.07) is 6.09.